The zero-order valence-corrected chi connectivity index (χ0v) is 15.0. The van der Waals surface area contributed by atoms with Crippen molar-refractivity contribution in [2.24, 2.45) is 0 Å². The summed E-state index contributed by atoms with van der Waals surface area (Å²) >= 11 is 0. The van der Waals surface area contributed by atoms with E-state index in [0.717, 1.165) is 17.9 Å². The van der Waals surface area contributed by atoms with E-state index in [1.165, 1.54) is 0 Å². The maximum Gasteiger partial charge on any atom is 0.410 e. The van der Waals surface area contributed by atoms with Gasteiger partial charge in [-0.25, -0.2) is 4.79 Å². The first-order valence-electron chi connectivity index (χ1n) is 8.11. The maximum atomic E-state index is 12.2. The number of carbonyl (C=O) groups is 1. The minimum absolute atomic E-state index is 0.317. The Morgan fingerprint density at radius 2 is 1.96 bits per heavy atom. The lowest BCUT2D eigenvalue weighted by Gasteiger charge is -2.27. The largest absolute Gasteiger partial charge is 0.465 e. The summed E-state index contributed by atoms with van der Waals surface area (Å²) in [4.78, 5) is 13.8. The van der Waals surface area contributed by atoms with E-state index in [1.807, 2.05) is 32.9 Å². The van der Waals surface area contributed by atoms with E-state index in [2.05, 4.69) is 12.2 Å². The Bertz CT molecular complexity index is 465. The Balaban J connectivity index is 2.39. The van der Waals surface area contributed by atoms with Crippen molar-refractivity contribution in [3.05, 3.63) is 23.7 Å². The van der Waals surface area contributed by atoms with Gasteiger partial charge >= 0.3 is 6.09 Å². The van der Waals surface area contributed by atoms with Crippen LogP contribution >= 0.6 is 0 Å². The maximum absolute atomic E-state index is 12.2. The van der Waals surface area contributed by atoms with Crippen molar-refractivity contribution in [3.63, 3.8) is 0 Å². The second-order valence-corrected chi connectivity index (χ2v) is 6.36. The fourth-order valence-electron chi connectivity index (χ4n) is 1.96. The Hall–Kier alpha value is -1.53. The third kappa shape index (κ3) is 8.04. The third-order valence-electron chi connectivity index (χ3n) is 3.14. The fourth-order valence-corrected chi connectivity index (χ4v) is 1.96. The monoisotopic (exact) mass is 326 g/mol. The number of nitrogens with zero attached hydrogens (tertiary/aromatic N) is 1. The molecule has 6 nitrogen and oxygen atoms in total. The Labute approximate surface area is 139 Å². The fraction of sp³-hybridized carbons (Fsp3) is 0.706. The molecule has 1 amide bonds. The third-order valence-corrected chi connectivity index (χ3v) is 3.14. The average molecular weight is 326 g/mol. The van der Waals surface area contributed by atoms with Crippen molar-refractivity contribution in [2.45, 2.75) is 46.3 Å². The van der Waals surface area contributed by atoms with Gasteiger partial charge in [-0.3, -0.25) is 0 Å². The van der Waals surface area contributed by atoms with Crippen LogP contribution in [0.25, 0.3) is 0 Å². The minimum Gasteiger partial charge on any atom is -0.465 e. The summed E-state index contributed by atoms with van der Waals surface area (Å²) in [5.41, 5.74) is -0.499. The molecule has 132 valence electrons. The summed E-state index contributed by atoms with van der Waals surface area (Å²) in [5.74, 6) is 1.89. The Morgan fingerprint density at radius 3 is 2.52 bits per heavy atom. The van der Waals surface area contributed by atoms with E-state index in [4.69, 9.17) is 13.9 Å². The van der Waals surface area contributed by atoms with E-state index in [0.29, 0.717) is 32.8 Å². The number of furan rings is 1. The Morgan fingerprint density at radius 1 is 1.26 bits per heavy atom. The number of hydrogen-bond donors (Lipinski definition) is 1. The van der Waals surface area contributed by atoms with E-state index in [-0.39, 0.29) is 6.09 Å². The van der Waals surface area contributed by atoms with Crippen molar-refractivity contribution >= 4 is 6.09 Å². The van der Waals surface area contributed by atoms with Crippen LogP contribution in [0.3, 0.4) is 0 Å². The summed E-state index contributed by atoms with van der Waals surface area (Å²) < 4.78 is 16.1. The van der Waals surface area contributed by atoms with Crippen molar-refractivity contribution in [1.29, 1.82) is 0 Å². The molecule has 1 rings (SSSR count). The first-order chi connectivity index (χ1) is 10.9. The quantitative estimate of drug-likeness (QED) is 0.707. The topological polar surface area (TPSA) is 63.9 Å². The van der Waals surface area contributed by atoms with Crippen molar-refractivity contribution in [1.82, 2.24) is 10.2 Å². The summed E-state index contributed by atoms with van der Waals surface area (Å²) in [7, 11) is 1.62. The molecule has 23 heavy (non-hydrogen) atoms. The van der Waals surface area contributed by atoms with Gasteiger partial charge in [-0.05, 0) is 32.9 Å². The molecule has 0 aliphatic heterocycles. The highest BCUT2D eigenvalue weighted by Gasteiger charge is 2.21. The molecule has 0 aromatic carbocycles. The van der Waals surface area contributed by atoms with Crippen molar-refractivity contribution in [3.8, 4) is 0 Å². The van der Waals surface area contributed by atoms with Gasteiger partial charge in [0, 0.05) is 33.2 Å². The van der Waals surface area contributed by atoms with E-state index >= 15 is 0 Å². The molecule has 1 heterocycles. The molecule has 0 saturated heterocycles. The van der Waals surface area contributed by atoms with Crippen molar-refractivity contribution < 1.29 is 18.7 Å². The van der Waals surface area contributed by atoms with Gasteiger partial charge in [-0.2, -0.15) is 0 Å². The number of hydrogen-bond acceptors (Lipinski definition) is 5. The number of aryl methyl sites for hydroxylation is 1. The van der Waals surface area contributed by atoms with Gasteiger partial charge in [0.25, 0.3) is 0 Å². The molecule has 0 unspecified atom stereocenters. The highest BCUT2D eigenvalue weighted by molar-refractivity contribution is 5.68. The van der Waals surface area contributed by atoms with Crippen LogP contribution in [0.15, 0.2) is 16.5 Å². The second-order valence-electron chi connectivity index (χ2n) is 6.36. The summed E-state index contributed by atoms with van der Waals surface area (Å²) in [6, 6.07) is 3.96. The first kappa shape index (κ1) is 19.5. The van der Waals surface area contributed by atoms with Gasteiger partial charge in [0.15, 0.2) is 0 Å². The standard InChI is InChI=1S/C17H30N2O4/c1-6-14-7-8-15(22-14)13-18-9-10-19(11-12-21-5)16(20)23-17(2,3)4/h7-8,18H,6,9-13H2,1-5H3. The molecular formula is C17H30N2O4. The summed E-state index contributed by atoms with van der Waals surface area (Å²) in [6.07, 6.45) is 0.575. The van der Waals surface area contributed by atoms with Gasteiger partial charge in [-0.1, -0.05) is 6.92 Å². The lowest BCUT2D eigenvalue weighted by molar-refractivity contribution is 0.0204. The zero-order valence-electron chi connectivity index (χ0n) is 15.0. The molecule has 0 fully saturated rings. The van der Waals surface area contributed by atoms with Gasteiger partial charge in [0.2, 0.25) is 0 Å². The van der Waals surface area contributed by atoms with E-state index < -0.39 is 5.60 Å². The van der Waals surface area contributed by atoms with Gasteiger partial charge in [0.1, 0.15) is 17.1 Å². The zero-order chi connectivity index (χ0) is 17.3. The predicted octanol–water partition coefficient (Wildman–Crippen LogP) is 2.82. The summed E-state index contributed by atoms with van der Waals surface area (Å²) in [5, 5.41) is 3.28. The molecular weight excluding hydrogens is 296 g/mol. The normalized spacial score (nSPS) is 11.5. The van der Waals surface area contributed by atoms with Gasteiger partial charge < -0.3 is 24.1 Å². The number of nitrogens with one attached hydrogen (secondary N) is 1. The molecule has 0 aliphatic carbocycles. The second kappa shape index (κ2) is 9.57. The summed E-state index contributed by atoms with van der Waals surface area (Å²) in [6.45, 7) is 10.5. The van der Waals surface area contributed by atoms with Crippen LogP contribution in [0.1, 0.15) is 39.2 Å². The lowest BCUT2D eigenvalue weighted by atomic mass is 10.2. The molecule has 0 aliphatic rings. The molecule has 0 atom stereocenters. The lowest BCUT2D eigenvalue weighted by Crippen LogP contribution is -2.42. The SMILES string of the molecule is CCc1ccc(CNCCN(CCOC)C(=O)OC(C)(C)C)o1. The molecule has 0 spiro atoms. The van der Waals surface area contributed by atoms with E-state index in [1.54, 1.807) is 12.0 Å². The molecule has 1 N–H and O–H groups in total. The average Bonchev–Trinajstić information content (AvgIpc) is 2.92. The number of carbonyl (C=O) groups excluding carboxylic acids is 1. The highest BCUT2D eigenvalue weighted by atomic mass is 16.6. The van der Waals surface area contributed by atoms with Crippen molar-refractivity contribution in [2.75, 3.05) is 33.4 Å². The van der Waals surface area contributed by atoms with E-state index in [9.17, 15) is 4.79 Å². The molecule has 0 bridgehead atoms. The molecule has 1 aromatic heterocycles. The number of ether oxygens (including phenoxy) is 2. The van der Waals surface area contributed by atoms with Gasteiger partial charge in [-0.15, -0.1) is 0 Å². The number of methoxy groups -OCH3 is 1. The Kier molecular flexibility index (Phi) is 8.12. The van der Waals surface area contributed by atoms with Crippen LogP contribution in [0.2, 0.25) is 0 Å². The smallest absolute Gasteiger partial charge is 0.410 e. The minimum atomic E-state index is -0.499. The number of rotatable bonds is 9. The molecule has 0 saturated carbocycles. The van der Waals surface area contributed by atoms with Crippen LogP contribution < -0.4 is 5.32 Å². The molecule has 0 radical (unpaired) electrons. The van der Waals surface area contributed by atoms with Crippen LogP contribution in [0.4, 0.5) is 4.79 Å². The highest BCUT2D eigenvalue weighted by Crippen LogP contribution is 2.10. The van der Waals surface area contributed by atoms with Crippen LogP contribution in [-0.2, 0) is 22.4 Å². The predicted molar refractivity (Wildman–Crippen MR) is 89.5 cm³/mol. The number of amides is 1. The van der Waals surface area contributed by atoms with Crippen LogP contribution in [0, 0.1) is 0 Å². The van der Waals surface area contributed by atoms with Crippen LogP contribution in [-0.4, -0.2) is 49.9 Å². The van der Waals surface area contributed by atoms with Crippen LogP contribution in [0.5, 0.6) is 0 Å². The molecule has 6 heteroatoms. The van der Waals surface area contributed by atoms with Gasteiger partial charge in [0.05, 0.1) is 13.2 Å². The molecule has 1 aromatic rings. The first-order valence-corrected chi connectivity index (χ1v) is 8.11.